The fourth-order valence-corrected chi connectivity index (χ4v) is 3.00. The molecule has 1 fully saturated rings. The molecule has 1 heterocycles. The van der Waals surface area contributed by atoms with Crippen LogP contribution in [0, 0.1) is 0 Å². The number of hydrogen-bond donors (Lipinski definition) is 1. The van der Waals surface area contributed by atoms with Crippen LogP contribution in [0.3, 0.4) is 0 Å². The summed E-state index contributed by atoms with van der Waals surface area (Å²) in [6.07, 6.45) is 2.18. The first kappa shape index (κ1) is 14.4. The summed E-state index contributed by atoms with van der Waals surface area (Å²) >= 11 is 0. The minimum absolute atomic E-state index is 0.562. The number of rotatable bonds is 4. The van der Waals surface area contributed by atoms with Crippen LogP contribution >= 0.6 is 0 Å². The molecule has 106 valence electrons. The fourth-order valence-electron chi connectivity index (χ4n) is 3.00. The minimum atomic E-state index is 0.562. The van der Waals surface area contributed by atoms with Gasteiger partial charge in [0.2, 0.25) is 0 Å². The maximum Gasteiger partial charge on any atom is 0.0389 e. The lowest BCUT2D eigenvalue weighted by Crippen LogP contribution is -2.56. The van der Waals surface area contributed by atoms with Crippen molar-refractivity contribution < 1.29 is 0 Å². The van der Waals surface area contributed by atoms with Gasteiger partial charge >= 0.3 is 0 Å². The molecule has 1 aliphatic rings. The summed E-state index contributed by atoms with van der Waals surface area (Å²) in [5.74, 6) is 0. The van der Waals surface area contributed by atoms with Crippen LogP contribution in [0.15, 0.2) is 24.3 Å². The van der Waals surface area contributed by atoms with Crippen LogP contribution < -0.4 is 10.6 Å². The van der Waals surface area contributed by atoms with Crippen LogP contribution in [0.2, 0.25) is 0 Å². The van der Waals surface area contributed by atoms with Gasteiger partial charge in [-0.1, -0.05) is 19.1 Å². The predicted octanol–water partition coefficient (Wildman–Crippen LogP) is 2.11. The van der Waals surface area contributed by atoms with Crippen molar-refractivity contribution in [3.8, 4) is 0 Å². The van der Waals surface area contributed by atoms with Gasteiger partial charge in [-0.3, -0.25) is 4.90 Å². The Morgan fingerprint density at radius 1 is 1.21 bits per heavy atom. The Hall–Kier alpha value is -1.06. The molecule has 2 rings (SSSR count). The first-order chi connectivity index (χ1) is 9.15. The molecule has 2 atom stereocenters. The van der Waals surface area contributed by atoms with Gasteiger partial charge in [0.25, 0.3) is 0 Å². The summed E-state index contributed by atoms with van der Waals surface area (Å²) in [7, 11) is 2.22. The topological polar surface area (TPSA) is 32.5 Å². The lowest BCUT2D eigenvalue weighted by molar-refractivity contribution is 0.185. The molecule has 1 aromatic carbocycles. The zero-order valence-electron chi connectivity index (χ0n) is 12.5. The summed E-state index contributed by atoms with van der Waals surface area (Å²) in [6.45, 7) is 7.47. The minimum Gasteiger partial charge on any atom is -0.366 e. The highest BCUT2D eigenvalue weighted by molar-refractivity contribution is 5.49. The van der Waals surface area contributed by atoms with Crippen molar-refractivity contribution in [1.82, 2.24) is 4.90 Å². The highest BCUT2D eigenvalue weighted by atomic mass is 15.3. The van der Waals surface area contributed by atoms with Gasteiger partial charge in [-0.2, -0.15) is 0 Å². The van der Waals surface area contributed by atoms with E-state index in [1.54, 1.807) is 0 Å². The highest BCUT2D eigenvalue weighted by Gasteiger charge is 2.28. The Morgan fingerprint density at radius 3 is 2.47 bits per heavy atom. The normalized spacial score (nSPS) is 24.7. The zero-order chi connectivity index (χ0) is 13.8. The second-order valence-electron chi connectivity index (χ2n) is 5.69. The first-order valence-electron chi connectivity index (χ1n) is 7.41. The van der Waals surface area contributed by atoms with Gasteiger partial charge in [-0.05, 0) is 51.1 Å². The Balaban J connectivity index is 2.12. The maximum absolute atomic E-state index is 5.73. The van der Waals surface area contributed by atoms with Crippen LogP contribution in [0.5, 0.6) is 0 Å². The van der Waals surface area contributed by atoms with Gasteiger partial charge in [-0.15, -0.1) is 0 Å². The molecule has 0 radical (unpaired) electrons. The van der Waals surface area contributed by atoms with Crippen molar-refractivity contribution in [1.29, 1.82) is 0 Å². The Kier molecular flexibility index (Phi) is 4.83. The number of nitrogens with two attached hydrogens (primary N) is 1. The molecule has 0 aliphatic carbocycles. The molecule has 0 saturated carbocycles. The number of aryl methyl sites for hydroxylation is 1. The fraction of sp³-hybridized carbons (Fsp3) is 0.625. The molecule has 0 bridgehead atoms. The molecule has 0 amide bonds. The van der Waals surface area contributed by atoms with Gasteiger partial charge in [0.1, 0.15) is 0 Å². The molecular formula is C16H27N3. The van der Waals surface area contributed by atoms with Crippen molar-refractivity contribution in [3.05, 3.63) is 29.8 Å². The zero-order valence-corrected chi connectivity index (χ0v) is 12.5. The second kappa shape index (κ2) is 6.40. The van der Waals surface area contributed by atoms with E-state index in [0.29, 0.717) is 12.1 Å². The first-order valence-corrected chi connectivity index (χ1v) is 7.41. The lowest BCUT2D eigenvalue weighted by atomic mass is 10.0. The van der Waals surface area contributed by atoms with E-state index in [2.05, 4.69) is 55.0 Å². The molecule has 0 aromatic heterocycles. The van der Waals surface area contributed by atoms with Crippen LogP contribution in [0.25, 0.3) is 0 Å². The SMILES string of the molecule is CCc1ccc(N2CC(CCN)N(C)CC2C)cc1. The molecule has 19 heavy (non-hydrogen) atoms. The van der Waals surface area contributed by atoms with Crippen LogP contribution in [-0.2, 0) is 6.42 Å². The quantitative estimate of drug-likeness (QED) is 0.901. The van der Waals surface area contributed by atoms with Crippen molar-refractivity contribution in [2.45, 2.75) is 38.8 Å². The molecule has 2 unspecified atom stereocenters. The average Bonchev–Trinajstić information content (AvgIpc) is 2.42. The van der Waals surface area contributed by atoms with Crippen molar-refractivity contribution in [3.63, 3.8) is 0 Å². The standard InChI is InChI=1S/C16H27N3/c1-4-14-5-7-15(8-6-14)19-12-16(9-10-17)18(3)11-13(19)2/h5-8,13,16H,4,9-12,17H2,1-3H3. The lowest BCUT2D eigenvalue weighted by Gasteiger charge is -2.45. The third kappa shape index (κ3) is 3.28. The van der Waals surface area contributed by atoms with E-state index in [4.69, 9.17) is 5.73 Å². The predicted molar refractivity (Wildman–Crippen MR) is 82.7 cm³/mol. The smallest absolute Gasteiger partial charge is 0.0389 e. The third-order valence-electron chi connectivity index (χ3n) is 4.29. The number of piperazine rings is 1. The maximum atomic E-state index is 5.73. The average molecular weight is 261 g/mol. The van der Waals surface area contributed by atoms with Gasteiger partial charge in [0.05, 0.1) is 0 Å². The van der Waals surface area contributed by atoms with Crippen molar-refractivity contribution in [2.75, 3.05) is 31.6 Å². The van der Waals surface area contributed by atoms with Crippen LogP contribution in [0.4, 0.5) is 5.69 Å². The number of nitrogens with zero attached hydrogens (tertiary/aromatic N) is 2. The Bertz CT molecular complexity index is 387. The highest BCUT2D eigenvalue weighted by Crippen LogP contribution is 2.24. The van der Waals surface area contributed by atoms with Crippen molar-refractivity contribution >= 4 is 5.69 Å². The van der Waals surface area contributed by atoms with E-state index in [9.17, 15) is 0 Å². The summed E-state index contributed by atoms with van der Waals surface area (Å²) in [5.41, 5.74) is 8.49. The van der Waals surface area contributed by atoms with Crippen LogP contribution in [0.1, 0.15) is 25.8 Å². The van der Waals surface area contributed by atoms with E-state index >= 15 is 0 Å². The van der Waals surface area contributed by atoms with E-state index in [1.807, 2.05) is 0 Å². The third-order valence-corrected chi connectivity index (χ3v) is 4.29. The van der Waals surface area contributed by atoms with Gasteiger partial charge in [0, 0.05) is 30.9 Å². The second-order valence-corrected chi connectivity index (χ2v) is 5.69. The molecule has 0 spiro atoms. The van der Waals surface area contributed by atoms with Gasteiger partial charge < -0.3 is 10.6 Å². The summed E-state index contributed by atoms with van der Waals surface area (Å²) < 4.78 is 0. The Labute approximate surface area is 117 Å². The number of likely N-dealkylation sites (N-methyl/N-ethyl adjacent to an activating group) is 1. The molecule has 3 heteroatoms. The molecule has 1 aromatic rings. The molecule has 1 aliphatic heterocycles. The summed E-state index contributed by atoms with van der Waals surface area (Å²) in [5, 5.41) is 0. The van der Waals surface area contributed by atoms with E-state index in [1.165, 1.54) is 11.3 Å². The monoisotopic (exact) mass is 261 g/mol. The number of benzene rings is 1. The summed E-state index contributed by atoms with van der Waals surface area (Å²) in [4.78, 5) is 4.98. The largest absolute Gasteiger partial charge is 0.366 e. The van der Waals surface area contributed by atoms with E-state index in [0.717, 1.165) is 32.5 Å². The van der Waals surface area contributed by atoms with Crippen molar-refractivity contribution in [2.24, 2.45) is 5.73 Å². The number of anilines is 1. The molecule has 2 N–H and O–H groups in total. The van der Waals surface area contributed by atoms with E-state index in [-0.39, 0.29) is 0 Å². The summed E-state index contributed by atoms with van der Waals surface area (Å²) in [6, 6.07) is 10.2. The molecular weight excluding hydrogens is 234 g/mol. The Morgan fingerprint density at radius 2 is 1.89 bits per heavy atom. The van der Waals surface area contributed by atoms with Crippen LogP contribution in [-0.4, -0.2) is 43.7 Å². The van der Waals surface area contributed by atoms with E-state index < -0.39 is 0 Å². The molecule has 1 saturated heterocycles. The molecule has 3 nitrogen and oxygen atoms in total. The number of hydrogen-bond acceptors (Lipinski definition) is 3. The van der Waals surface area contributed by atoms with Gasteiger partial charge in [-0.25, -0.2) is 0 Å². The van der Waals surface area contributed by atoms with Gasteiger partial charge in [0.15, 0.2) is 0 Å².